The number of esters is 2. The molecule has 2 rings (SSSR count). The van der Waals surface area contributed by atoms with Crippen LogP contribution in [-0.4, -0.2) is 58.0 Å². The monoisotopic (exact) mass is 442 g/mol. The lowest BCUT2D eigenvalue weighted by molar-refractivity contribution is -0.169. The van der Waals surface area contributed by atoms with E-state index in [-0.39, 0.29) is 11.3 Å². The number of methoxy groups -OCH3 is 2. The van der Waals surface area contributed by atoms with Gasteiger partial charge in [0.05, 0.1) is 14.2 Å². The number of hydrogen-bond acceptors (Lipinski definition) is 9. The van der Waals surface area contributed by atoms with Crippen molar-refractivity contribution in [2.75, 3.05) is 14.2 Å². The van der Waals surface area contributed by atoms with Gasteiger partial charge in [-0.05, 0) is 18.2 Å². The molecule has 0 bridgehead atoms. The standard InChI is InChI=1S/C9H10O4.C6H6O.C3H6O4.2C2H6/c1-13-9(12)8(11)6-4-2-3-5-7(6)10;7-6-4-2-1-3-5-6;1-7-3(6)2(4)5;2*1-2/h2-5,8,10-11H,1H3;1-5,7H;2,4-5H,1H3;2*1-2H3. The molecule has 0 saturated carbocycles. The molecule has 9 nitrogen and oxygen atoms in total. The summed E-state index contributed by atoms with van der Waals surface area (Å²) in [5.74, 6) is -1.63. The summed E-state index contributed by atoms with van der Waals surface area (Å²) in [4.78, 5) is 20.7. The van der Waals surface area contributed by atoms with Crippen LogP contribution in [0.5, 0.6) is 11.5 Å². The lowest BCUT2D eigenvalue weighted by Gasteiger charge is -2.09. The van der Waals surface area contributed by atoms with Crippen LogP contribution < -0.4 is 0 Å². The molecule has 5 N–H and O–H groups in total. The third-order valence-electron chi connectivity index (χ3n) is 2.82. The van der Waals surface area contributed by atoms with Crippen LogP contribution >= 0.6 is 0 Å². The van der Waals surface area contributed by atoms with Crippen molar-refractivity contribution in [2.24, 2.45) is 0 Å². The molecular formula is C22H34O9. The summed E-state index contributed by atoms with van der Waals surface area (Å²) in [5, 5.41) is 43.0. The third-order valence-corrected chi connectivity index (χ3v) is 2.82. The van der Waals surface area contributed by atoms with Gasteiger partial charge in [0.1, 0.15) is 11.5 Å². The van der Waals surface area contributed by atoms with Gasteiger partial charge in [-0.2, -0.15) is 0 Å². The molecule has 9 heteroatoms. The maximum Gasteiger partial charge on any atom is 0.362 e. The predicted octanol–water partition coefficient (Wildman–Crippen LogP) is 2.51. The fraction of sp³-hybridized carbons (Fsp3) is 0.364. The fourth-order valence-corrected chi connectivity index (χ4v) is 1.49. The largest absolute Gasteiger partial charge is 0.508 e. The molecule has 0 aliphatic rings. The molecule has 0 aromatic heterocycles. The quantitative estimate of drug-likeness (QED) is 0.356. The maximum atomic E-state index is 10.9. The molecule has 2 aromatic rings. The number of carbonyl (C=O) groups is 2. The zero-order chi connectivity index (χ0) is 24.8. The van der Waals surface area contributed by atoms with Crippen LogP contribution in [0.15, 0.2) is 54.6 Å². The van der Waals surface area contributed by atoms with E-state index in [1.165, 1.54) is 19.2 Å². The Bertz CT molecular complexity index is 688. The number of phenolic OH excluding ortho intramolecular Hbond substituents is 2. The van der Waals surface area contributed by atoms with Crippen molar-refractivity contribution in [1.82, 2.24) is 0 Å². The molecule has 2 aromatic carbocycles. The minimum absolute atomic E-state index is 0.125. The van der Waals surface area contributed by atoms with Crippen LogP contribution in [0, 0.1) is 0 Å². The van der Waals surface area contributed by atoms with Gasteiger partial charge in [0.25, 0.3) is 6.29 Å². The van der Waals surface area contributed by atoms with E-state index in [1.807, 2.05) is 33.8 Å². The normalized spacial score (nSPS) is 9.48. The van der Waals surface area contributed by atoms with Crippen molar-refractivity contribution in [3.05, 3.63) is 60.2 Å². The van der Waals surface area contributed by atoms with Crippen LogP contribution in [0.25, 0.3) is 0 Å². The number of phenols is 2. The average Bonchev–Trinajstić information content (AvgIpc) is 2.81. The van der Waals surface area contributed by atoms with Crippen molar-refractivity contribution in [3.63, 3.8) is 0 Å². The molecule has 0 heterocycles. The number of ether oxygens (including phenoxy) is 2. The highest BCUT2D eigenvalue weighted by atomic mass is 16.6. The highest BCUT2D eigenvalue weighted by Gasteiger charge is 2.20. The Morgan fingerprint density at radius 2 is 1.13 bits per heavy atom. The number of carbonyl (C=O) groups excluding carboxylic acids is 2. The van der Waals surface area contributed by atoms with Crippen molar-refractivity contribution in [2.45, 2.75) is 40.1 Å². The smallest absolute Gasteiger partial charge is 0.362 e. The molecule has 0 aliphatic carbocycles. The lowest BCUT2D eigenvalue weighted by atomic mass is 10.1. The number of benzene rings is 2. The van der Waals surface area contributed by atoms with Gasteiger partial charge in [0.2, 0.25) is 0 Å². The van der Waals surface area contributed by atoms with Crippen LogP contribution in [0.4, 0.5) is 0 Å². The van der Waals surface area contributed by atoms with E-state index in [9.17, 15) is 19.8 Å². The summed E-state index contributed by atoms with van der Waals surface area (Å²) < 4.78 is 8.19. The van der Waals surface area contributed by atoms with Gasteiger partial charge < -0.3 is 35.0 Å². The Morgan fingerprint density at radius 1 is 0.710 bits per heavy atom. The zero-order valence-electron chi connectivity index (χ0n) is 18.7. The van der Waals surface area contributed by atoms with Crippen molar-refractivity contribution >= 4 is 11.9 Å². The first-order chi connectivity index (χ1) is 14.7. The zero-order valence-corrected chi connectivity index (χ0v) is 18.7. The minimum Gasteiger partial charge on any atom is -0.508 e. The summed E-state index contributed by atoms with van der Waals surface area (Å²) in [5.41, 5.74) is 0.148. The molecule has 0 fully saturated rings. The number of hydrogen-bond donors (Lipinski definition) is 5. The van der Waals surface area contributed by atoms with Crippen molar-refractivity contribution in [3.8, 4) is 11.5 Å². The van der Waals surface area contributed by atoms with E-state index in [4.69, 9.17) is 15.3 Å². The number of aliphatic hydroxyl groups excluding tert-OH is 2. The van der Waals surface area contributed by atoms with E-state index in [0.717, 1.165) is 7.11 Å². The molecule has 176 valence electrons. The van der Waals surface area contributed by atoms with Gasteiger partial charge in [-0.25, -0.2) is 9.59 Å². The summed E-state index contributed by atoms with van der Waals surface area (Å²) >= 11 is 0. The predicted molar refractivity (Wildman–Crippen MR) is 116 cm³/mol. The third kappa shape index (κ3) is 16.4. The molecule has 0 amide bonds. The Labute approximate surface area is 183 Å². The van der Waals surface area contributed by atoms with Crippen molar-refractivity contribution < 1.29 is 44.6 Å². The second-order valence-corrected chi connectivity index (χ2v) is 4.72. The SMILES string of the molecule is CC.CC.COC(=O)C(O)O.COC(=O)C(O)c1ccccc1O.Oc1ccccc1. The number of rotatable bonds is 3. The number of aliphatic hydroxyl groups is 3. The Hall–Kier alpha value is -3.14. The average molecular weight is 443 g/mol. The second kappa shape index (κ2) is 21.6. The molecular weight excluding hydrogens is 408 g/mol. The van der Waals surface area contributed by atoms with E-state index in [1.54, 1.807) is 36.4 Å². The fourth-order valence-electron chi connectivity index (χ4n) is 1.49. The minimum atomic E-state index is -2.00. The number of aromatic hydroxyl groups is 2. The van der Waals surface area contributed by atoms with Gasteiger partial charge >= 0.3 is 11.9 Å². The first-order valence-corrected chi connectivity index (χ1v) is 9.46. The van der Waals surface area contributed by atoms with Crippen LogP contribution in [0.2, 0.25) is 0 Å². The van der Waals surface area contributed by atoms with Gasteiger partial charge in [-0.3, -0.25) is 0 Å². The van der Waals surface area contributed by atoms with Crippen LogP contribution in [0.3, 0.4) is 0 Å². The Morgan fingerprint density at radius 3 is 1.42 bits per heavy atom. The lowest BCUT2D eigenvalue weighted by Crippen LogP contribution is -2.20. The van der Waals surface area contributed by atoms with Crippen molar-refractivity contribution in [1.29, 1.82) is 0 Å². The van der Waals surface area contributed by atoms with Crippen LogP contribution in [0.1, 0.15) is 39.4 Å². The first kappa shape index (κ1) is 32.5. The summed E-state index contributed by atoms with van der Waals surface area (Å²) in [6, 6.07) is 14.8. The molecule has 1 unspecified atom stereocenters. The van der Waals surface area contributed by atoms with E-state index < -0.39 is 24.3 Å². The highest BCUT2D eigenvalue weighted by molar-refractivity contribution is 5.77. The van der Waals surface area contributed by atoms with E-state index in [0.29, 0.717) is 5.75 Å². The topological polar surface area (TPSA) is 154 Å². The molecule has 0 saturated heterocycles. The summed E-state index contributed by atoms with van der Waals surface area (Å²) in [7, 11) is 2.24. The summed E-state index contributed by atoms with van der Waals surface area (Å²) in [6.07, 6.45) is -3.42. The summed E-state index contributed by atoms with van der Waals surface area (Å²) in [6.45, 7) is 8.00. The Kier molecular flexibility index (Phi) is 22.6. The van der Waals surface area contributed by atoms with E-state index >= 15 is 0 Å². The van der Waals surface area contributed by atoms with Gasteiger partial charge in [0, 0.05) is 5.56 Å². The molecule has 0 radical (unpaired) electrons. The Balaban J connectivity index is -0.000000373. The van der Waals surface area contributed by atoms with Gasteiger partial charge in [-0.1, -0.05) is 64.1 Å². The first-order valence-electron chi connectivity index (χ1n) is 9.46. The van der Waals surface area contributed by atoms with E-state index in [2.05, 4.69) is 9.47 Å². The molecule has 31 heavy (non-hydrogen) atoms. The molecule has 0 spiro atoms. The van der Waals surface area contributed by atoms with Gasteiger partial charge in [0.15, 0.2) is 6.10 Å². The molecule has 0 aliphatic heterocycles. The number of para-hydroxylation sites is 2. The highest BCUT2D eigenvalue weighted by Crippen LogP contribution is 2.23. The van der Waals surface area contributed by atoms with Gasteiger partial charge in [-0.15, -0.1) is 0 Å². The molecule has 1 atom stereocenters. The second-order valence-electron chi connectivity index (χ2n) is 4.72. The maximum absolute atomic E-state index is 10.9. The van der Waals surface area contributed by atoms with Crippen LogP contribution in [-0.2, 0) is 19.1 Å².